The highest BCUT2D eigenvalue weighted by molar-refractivity contribution is 5.77. The third kappa shape index (κ3) is 2.39. The van der Waals surface area contributed by atoms with Crippen molar-refractivity contribution in [2.24, 2.45) is 46.3 Å². The Balaban J connectivity index is 1.66. The van der Waals surface area contributed by atoms with E-state index in [2.05, 4.69) is 46.6 Å². The molecule has 4 fully saturated rings. The summed E-state index contributed by atoms with van der Waals surface area (Å²) >= 11 is 0. The quantitative estimate of drug-likeness (QED) is 0.614. The Morgan fingerprint density at radius 3 is 2.50 bits per heavy atom. The summed E-state index contributed by atoms with van der Waals surface area (Å²) in [6.45, 7) is 12.6. The SMILES string of the molecule is CCC(C)[C@H]1CC[C@H]2[C@@H]3[C@@H](C)C[C@H]4N(C)C(=O)CC[C@]4(C)[C@H]3CC[C@]12C. The molecule has 1 unspecified atom stereocenters. The van der Waals surface area contributed by atoms with E-state index in [9.17, 15) is 4.79 Å². The Kier molecular flexibility index (Phi) is 4.52. The minimum absolute atomic E-state index is 0.357. The highest BCUT2D eigenvalue weighted by Gasteiger charge is 2.63. The Bertz CT molecular complexity index is 573. The first-order valence-electron chi connectivity index (χ1n) is 11.5. The molecule has 0 radical (unpaired) electrons. The van der Waals surface area contributed by atoms with Crippen LogP contribution in [0.1, 0.15) is 86.0 Å². The molecule has 9 atom stereocenters. The van der Waals surface area contributed by atoms with Gasteiger partial charge in [-0.2, -0.15) is 0 Å². The standard InChI is InChI=1S/C24H41NO/c1-7-15(2)17-8-9-18-22-16(3)14-20-24(5,13-11-21(26)25(20)6)19(22)10-12-23(17,18)4/h15-20,22H,7-14H2,1-6H3/t15?,16-,17+,18-,19-,20+,22-,23+,24+/m0/s1. The molecule has 3 saturated carbocycles. The van der Waals surface area contributed by atoms with Gasteiger partial charge in [0.15, 0.2) is 0 Å². The zero-order valence-corrected chi connectivity index (χ0v) is 18.1. The van der Waals surface area contributed by atoms with Crippen molar-refractivity contribution < 1.29 is 4.79 Å². The van der Waals surface area contributed by atoms with Crippen LogP contribution < -0.4 is 0 Å². The molecule has 1 amide bonds. The number of rotatable bonds is 2. The van der Waals surface area contributed by atoms with E-state index in [0.29, 0.717) is 22.8 Å². The highest BCUT2D eigenvalue weighted by atomic mass is 16.2. The highest BCUT2D eigenvalue weighted by Crippen LogP contribution is 2.68. The van der Waals surface area contributed by atoms with Gasteiger partial charge in [-0.1, -0.05) is 41.0 Å². The first-order valence-corrected chi connectivity index (χ1v) is 11.5. The van der Waals surface area contributed by atoms with Crippen molar-refractivity contribution in [2.75, 3.05) is 7.05 Å². The van der Waals surface area contributed by atoms with Gasteiger partial charge in [0.25, 0.3) is 0 Å². The van der Waals surface area contributed by atoms with Gasteiger partial charge >= 0.3 is 0 Å². The summed E-state index contributed by atoms with van der Waals surface area (Å²) in [6, 6.07) is 0.483. The molecular formula is C24H41NO. The summed E-state index contributed by atoms with van der Waals surface area (Å²) < 4.78 is 0. The lowest BCUT2D eigenvalue weighted by molar-refractivity contribution is -0.167. The van der Waals surface area contributed by atoms with Crippen LogP contribution in [0.3, 0.4) is 0 Å². The molecule has 2 nitrogen and oxygen atoms in total. The first kappa shape index (κ1) is 18.8. The fourth-order valence-corrected chi connectivity index (χ4v) is 8.72. The van der Waals surface area contributed by atoms with Crippen molar-refractivity contribution in [3.8, 4) is 0 Å². The topological polar surface area (TPSA) is 20.3 Å². The third-order valence-corrected chi connectivity index (χ3v) is 10.3. The zero-order chi connectivity index (χ0) is 18.9. The van der Waals surface area contributed by atoms with Crippen molar-refractivity contribution in [3.05, 3.63) is 0 Å². The normalized spacial score (nSPS) is 52.2. The van der Waals surface area contributed by atoms with Crippen LogP contribution in [0.5, 0.6) is 0 Å². The number of likely N-dealkylation sites (tertiary alicyclic amines) is 1. The van der Waals surface area contributed by atoms with Crippen molar-refractivity contribution in [2.45, 2.75) is 92.0 Å². The molecule has 2 heteroatoms. The third-order valence-electron chi connectivity index (χ3n) is 10.3. The van der Waals surface area contributed by atoms with Crippen molar-refractivity contribution in [1.29, 1.82) is 0 Å². The lowest BCUT2D eigenvalue weighted by Crippen LogP contribution is -2.63. The van der Waals surface area contributed by atoms with Gasteiger partial charge in [0.05, 0.1) is 0 Å². The maximum Gasteiger partial charge on any atom is 0.222 e. The van der Waals surface area contributed by atoms with E-state index in [1.807, 2.05) is 0 Å². The Hall–Kier alpha value is -0.530. The predicted octanol–water partition coefficient (Wildman–Crippen LogP) is 5.76. The second-order valence-corrected chi connectivity index (χ2v) is 11.1. The van der Waals surface area contributed by atoms with Crippen LogP contribution in [-0.4, -0.2) is 23.9 Å². The van der Waals surface area contributed by atoms with E-state index < -0.39 is 0 Å². The number of fused-ring (bicyclic) bond motifs is 5. The molecule has 0 N–H and O–H groups in total. The number of nitrogens with zero attached hydrogens (tertiary/aromatic N) is 1. The van der Waals surface area contributed by atoms with Crippen LogP contribution in [0.2, 0.25) is 0 Å². The molecule has 0 bridgehead atoms. The minimum Gasteiger partial charge on any atom is -0.342 e. The molecule has 0 spiro atoms. The maximum absolute atomic E-state index is 12.4. The minimum atomic E-state index is 0.357. The molecule has 1 saturated heterocycles. The van der Waals surface area contributed by atoms with Crippen LogP contribution in [0.15, 0.2) is 0 Å². The monoisotopic (exact) mass is 359 g/mol. The maximum atomic E-state index is 12.4. The molecule has 4 rings (SSSR count). The molecule has 3 aliphatic carbocycles. The van der Waals surface area contributed by atoms with Gasteiger partial charge in [-0.3, -0.25) is 4.79 Å². The Morgan fingerprint density at radius 1 is 1.12 bits per heavy atom. The number of amides is 1. The van der Waals surface area contributed by atoms with E-state index in [1.165, 1.54) is 38.5 Å². The van der Waals surface area contributed by atoms with E-state index >= 15 is 0 Å². The summed E-state index contributed by atoms with van der Waals surface area (Å²) in [5.74, 6) is 5.62. The second kappa shape index (κ2) is 6.24. The largest absolute Gasteiger partial charge is 0.342 e. The lowest BCUT2D eigenvalue weighted by atomic mass is 9.44. The summed E-state index contributed by atoms with van der Waals surface area (Å²) in [6.07, 6.45) is 10.2. The molecule has 148 valence electrons. The van der Waals surface area contributed by atoms with E-state index in [-0.39, 0.29) is 0 Å². The van der Waals surface area contributed by atoms with E-state index in [4.69, 9.17) is 0 Å². The molecule has 1 heterocycles. The summed E-state index contributed by atoms with van der Waals surface area (Å²) in [5.41, 5.74) is 0.931. The van der Waals surface area contributed by atoms with Crippen molar-refractivity contribution >= 4 is 5.91 Å². The van der Waals surface area contributed by atoms with Gasteiger partial charge in [-0.15, -0.1) is 0 Å². The Morgan fingerprint density at radius 2 is 1.81 bits per heavy atom. The number of hydrogen-bond donors (Lipinski definition) is 0. The van der Waals surface area contributed by atoms with E-state index in [1.54, 1.807) is 0 Å². The Labute approximate surface area is 161 Å². The van der Waals surface area contributed by atoms with Crippen LogP contribution in [0.4, 0.5) is 0 Å². The van der Waals surface area contributed by atoms with Crippen LogP contribution >= 0.6 is 0 Å². The molecule has 1 aliphatic heterocycles. The number of carbonyl (C=O) groups excluding carboxylic acids is 1. The van der Waals surface area contributed by atoms with Crippen LogP contribution in [0, 0.1) is 46.3 Å². The van der Waals surface area contributed by atoms with Gasteiger partial charge in [0.1, 0.15) is 0 Å². The van der Waals surface area contributed by atoms with Gasteiger partial charge in [-0.05, 0) is 84.9 Å². The summed E-state index contributed by atoms with van der Waals surface area (Å²) in [4.78, 5) is 14.5. The van der Waals surface area contributed by atoms with Crippen molar-refractivity contribution in [1.82, 2.24) is 4.90 Å². The molecule has 0 aromatic rings. The smallest absolute Gasteiger partial charge is 0.222 e. The molecule has 4 aliphatic rings. The second-order valence-electron chi connectivity index (χ2n) is 11.1. The number of hydrogen-bond acceptors (Lipinski definition) is 1. The fourth-order valence-electron chi connectivity index (χ4n) is 8.72. The fraction of sp³-hybridized carbons (Fsp3) is 0.958. The lowest BCUT2D eigenvalue weighted by Gasteiger charge is -2.64. The van der Waals surface area contributed by atoms with Gasteiger partial charge < -0.3 is 4.90 Å². The van der Waals surface area contributed by atoms with Crippen LogP contribution in [0.25, 0.3) is 0 Å². The summed E-state index contributed by atoms with van der Waals surface area (Å²) in [5, 5.41) is 0. The average Bonchev–Trinajstić information content (AvgIpc) is 2.97. The van der Waals surface area contributed by atoms with Crippen LogP contribution in [-0.2, 0) is 4.79 Å². The van der Waals surface area contributed by atoms with Gasteiger partial charge in [0, 0.05) is 19.5 Å². The predicted molar refractivity (Wildman–Crippen MR) is 108 cm³/mol. The van der Waals surface area contributed by atoms with Gasteiger partial charge in [0.2, 0.25) is 5.91 Å². The first-order chi connectivity index (χ1) is 12.2. The molecule has 0 aromatic heterocycles. The van der Waals surface area contributed by atoms with Gasteiger partial charge in [-0.25, -0.2) is 0 Å². The zero-order valence-electron chi connectivity index (χ0n) is 18.1. The van der Waals surface area contributed by atoms with Crippen molar-refractivity contribution in [3.63, 3.8) is 0 Å². The molecule has 26 heavy (non-hydrogen) atoms. The average molecular weight is 360 g/mol. The summed E-state index contributed by atoms with van der Waals surface area (Å²) in [7, 11) is 2.08. The molecular weight excluding hydrogens is 318 g/mol. The molecule has 0 aromatic carbocycles. The van der Waals surface area contributed by atoms with E-state index in [0.717, 1.165) is 48.3 Å². The number of piperidine rings is 1. The number of carbonyl (C=O) groups is 1.